The van der Waals surface area contributed by atoms with Crippen molar-refractivity contribution in [2.45, 2.75) is 25.4 Å². The number of likely N-dealkylation sites (tertiary alicyclic amines) is 1. The van der Waals surface area contributed by atoms with E-state index in [2.05, 4.69) is 35.7 Å². The molecule has 4 heteroatoms. The average Bonchev–Trinajstić information content (AvgIpc) is 2.91. The molecule has 1 saturated heterocycles. The Balaban J connectivity index is 2.01. The first-order valence-electron chi connectivity index (χ1n) is 7.37. The summed E-state index contributed by atoms with van der Waals surface area (Å²) >= 11 is 0. The summed E-state index contributed by atoms with van der Waals surface area (Å²) in [4.78, 5) is 4.65. The lowest BCUT2D eigenvalue weighted by Crippen LogP contribution is -2.31. The van der Waals surface area contributed by atoms with E-state index in [4.69, 9.17) is 5.11 Å². The second kappa shape index (κ2) is 7.56. The Labute approximate surface area is 126 Å². The molecular weight excluding hydrogens is 267 g/mol. The van der Waals surface area contributed by atoms with Gasteiger partial charge in [0.15, 0.2) is 0 Å². The van der Waals surface area contributed by atoms with Crippen LogP contribution >= 0.6 is 0 Å². The first-order valence-corrected chi connectivity index (χ1v) is 7.37. The maximum absolute atomic E-state index is 13.7. The van der Waals surface area contributed by atoms with Crippen molar-refractivity contribution in [2.75, 3.05) is 33.8 Å². The molecule has 1 N–H and O–H groups in total. The fourth-order valence-corrected chi connectivity index (χ4v) is 2.62. The van der Waals surface area contributed by atoms with Crippen molar-refractivity contribution >= 4 is 0 Å². The lowest BCUT2D eigenvalue weighted by atomic mass is 10.1. The van der Waals surface area contributed by atoms with Gasteiger partial charge in [0.1, 0.15) is 5.82 Å². The Morgan fingerprint density at radius 1 is 1.43 bits per heavy atom. The van der Waals surface area contributed by atoms with Crippen LogP contribution in [0.15, 0.2) is 18.2 Å². The van der Waals surface area contributed by atoms with Crippen molar-refractivity contribution < 1.29 is 9.50 Å². The Morgan fingerprint density at radius 2 is 2.24 bits per heavy atom. The van der Waals surface area contributed by atoms with Gasteiger partial charge in [-0.3, -0.25) is 4.90 Å². The summed E-state index contributed by atoms with van der Waals surface area (Å²) < 4.78 is 13.7. The minimum absolute atomic E-state index is 0.00795. The van der Waals surface area contributed by atoms with Crippen molar-refractivity contribution in [1.29, 1.82) is 0 Å². The quantitative estimate of drug-likeness (QED) is 0.855. The van der Waals surface area contributed by atoms with Gasteiger partial charge in [0.05, 0.1) is 12.2 Å². The van der Waals surface area contributed by atoms with E-state index in [1.165, 1.54) is 12.5 Å². The maximum Gasteiger partial charge on any atom is 0.138 e. The molecule has 1 aromatic carbocycles. The molecule has 0 saturated carbocycles. The van der Waals surface area contributed by atoms with E-state index in [-0.39, 0.29) is 12.4 Å². The number of aliphatic hydroxyl groups is 1. The highest BCUT2D eigenvalue weighted by molar-refractivity contribution is 5.38. The number of rotatable bonds is 4. The van der Waals surface area contributed by atoms with E-state index >= 15 is 0 Å². The van der Waals surface area contributed by atoms with Gasteiger partial charge < -0.3 is 10.0 Å². The molecule has 1 fully saturated rings. The van der Waals surface area contributed by atoms with Crippen LogP contribution in [-0.2, 0) is 6.54 Å². The fraction of sp³-hybridized carbons (Fsp3) is 0.529. The molecule has 21 heavy (non-hydrogen) atoms. The minimum Gasteiger partial charge on any atom is -0.395 e. The second-order valence-electron chi connectivity index (χ2n) is 5.73. The SMILES string of the molecule is CN(C)C1CCN(Cc2ccc(F)c(C#CCCO)c2)C1. The van der Waals surface area contributed by atoms with Gasteiger partial charge in [0.2, 0.25) is 0 Å². The summed E-state index contributed by atoms with van der Waals surface area (Å²) in [6.07, 6.45) is 1.55. The summed E-state index contributed by atoms with van der Waals surface area (Å²) in [5.74, 6) is 5.27. The zero-order chi connectivity index (χ0) is 15.2. The molecule has 2 rings (SSSR count). The van der Waals surface area contributed by atoms with E-state index in [1.54, 1.807) is 0 Å². The van der Waals surface area contributed by atoms with Crippen LogP contribution in [-0.4, -0.2) is 54.7 Å². The molecule has 1 aliphatic heterocycles. The van der Waals surface area contributed by atoms with Gasteiger partial charge in [-0.1, -0.05) is 17.9 Å². The molecule has 0 bridgehead atoms. The van der Waals surface area contributed by atoms with Gasteiger partial charge in [-0.05, 0) is 38.2 Å². The van der Waals surface area contributed by atoms with E-state index in [0.29, 0.717) is 18.0 Å². The van der Waals surface area contributed by atoms with Crippen LogP contribution in [0.1, 0.15) is 24.0 Å². The lowest BCUT2D eigenvalue weighted by Gasteiger charge is -2.20. The van der Waals surface area contributed by atoms with Gasteiger partial charge in [-0.25, -0.2) is 4.39 Å². The van der Waals surface area contributed by atoms with E-state index in [9.17, 15) is 4.39 Å². The van der Waals surface area contributed by atoms with Crippen molar-refractivity contribution in [2.24, 2.45) is 0 Å². The van der Waals surface area contributed by atoms with Crippen LogP contribution in [0.3, 0.4) is 0 Å². The van der Waals surface area contributed by atoms with Crippen molar-refractivity contribution in [3.05, 3.63) is 35.1 Å². The molecule has 0 spiro atoms. The highest BCUT2D eigenvalue weighted by atomic mass is 19.1. The standard InChI is InChI=1S/C17H23FN2O/c1-19(2)16-8-9-20(13-16)12-14-6-7-17(18)15(11-14)5-3-4-10-21/h6-7,11,16,21H,4,8-10,12-13H2,1-2H3. The summed E-state index contributed by atoms with van der Waals surface area (Å²) in [6.45, 7) is 2.97. The molecule has 3 nitrogen and oxygen atoms in total. The first-order chi connectivity index (χ1) is 10.1. The highest BCUT2D eigenvalue weighted by Crippen LogP contribution is 2.18. The summed E-state index contributed by atoms with van der Waals surface area (Å²) in [6, 6.07) is 5.74. The van der Waals surface area contributed by atoms with Gasteiger partial charge in [-0.15, -0.1) is 0 Å². The number of hydrogen-bond acceptors (Lipinski definition) is 3. The molecule has 0 radical (unpaired) electrons. The number of aliphatic hydroxyl groups excluding tert-OH is 1. The largest absolute Gasteiger partial charge is 0.395 e. The van der Waals surface area contributed by atoms with Crippen molar-refractivity contribution in [1.82, 2.24) is 9.80 Å². The van der Waals surface area contributed by atoms with Gasteiger partial charge in [-0.2, -0.15) is 0 Å². The topological polar surface area (TPSA) is 26.7 Å². The normalized spacial score (nSPS) is 18.8. The zero-order valence-electron chi connectivity index (χ0n) is 12.8. The van der Waals surface area contributed by atoms with Gasteiger partial charge in [0, 0.05) is 32.1 Å². The summed E-state index contributed by atoms with van der Waals surface area (Å²) in [7, 11) is 4.22. The summed E-state index contributed by atoms with van der Waals surface area (Å²) in [5.41, 5.74) is 1.51. The predicted octanol–water partition coefficient (Wildman–Crippen LogP) is 1.70. The van der Waals surface area contributed by atoms with Crippen LogP contribution in [0.4, 0.5) is 4.39 Å². The van der Waals surface area contributed by atoms with Crippen molar-refractivity contribution in [3.8, 4) is 11.8 Å². The molecule has 0 aliphatic carbocycles. The van der Waals surface area contributed by atoms with Crippen LogP contribution in [0, 0.1) is 17.7 Å². The smallest absolute Gasteiger partial charge is 0.138 e. The van der Waals surface area contributed by atoms with E-state index < -0.39 is 0 Å². The third kappa shape index (κ3) is 4.53. The number of likely N-dealkylation sites (N-methyl/N-ethyl adjacent to an activating group) is 1. The van der Waals surface area contributed by atoms with Crippen LogP contribution < -0.4 is 0 Å². The molecule has 1 atom stereocenters. The summed E-state index contributed by atoms with van der Waals surface area (Å²) in [5, 5.41) is 8.72. The molecule has 1 aliphatic rings. The second-order valence-corrected chi connectivity index (χ2v) is 5.73. The minimum atomic E-state index is -0.295. The molecule has 1 heterocycles. The number of benzene rings is 1. The third-order valence-electron chi connectivity index (χ3n) is 3.87. The Kier molecular flexibility index (Phi) is 5.75. The maximum atomic E-state index is 13.7. The zero-order valence-corrected chi connectivity index (χ0v) is 12.8. The first kappa shape index (κ1) is 16.0. The van der Waals surface area contributed by atoms with Crippen LogP contribution in [0.5, 0.6) is 0 Å². The van der Waals surface area contributed by atoms with Gasteiger partial charge in [0.25, 0.3) is 0 Å². The number of nitrogens with zero attached hydrogens (tertiary/aromatic N) is 2. The Bertz CT molecular complexity index is 533. The predicted molar refractivity (Wildman–Crippen MR) is 82.3 cm³/mol. The van der Waals surface area contributed by atoms with Crippen LogP contribution in [0.25, 0.3) is 0 Å². The lowest BCUT2D eigenvalue weighted by molar-refractivity contribution is 0.264. The van der Waals surface area contributed by atoms with Crippen molar-refractivity contribution in [3.63, 3.8) is 0 Å². The molecule has 1 unspecified atom stereocenters. The molecule has 0 aromatic heterocycles. The van der Waals surface area contributed by atoms with E-state index in [1.807, 2.05) is 12.1 Å². The number of halogens is 1. The molecule has 1 aromatic rings. The van der Waals surface area contributed by atoms with Crippen LogP contribution in [0.2, 0.25) is 0 Å². The highest BCUT2D eigenvalue weighted by Gasteiger charge is 2.23. The van der Waals surface area contributed by atoms with E-state index in [0.717, 1.165) is 25.2 Å². The molecule has 114 valence electrons. The Hall–Kier alpha value is -1.41. The average molecular weight is 290 g/mol. The molecular formula is C17H23FN2O. The number of hydrogen-bond donors (Lipinski definition) is 1. The third-order valence-corrected chi connectivity index (χ3v) is 3.87. The Morgan fingerprint density at radius 3 is 2.90 bits per heavy atom. The van der Waals surface area contributed by atoms with Gasteiger partial charge >= 0.3 is 0 Å². The fourth-order valence-electron chi connectivity index (χ4n) is 2.62. The molecule has 0 amide bonds. The monoisotopic (exact) mass is 290 g/mol.